The first-order valence-electron chi connectivity index (χ1n) is 11.4. The lowest BCUT2D eigenvalue weighted by Gasteiger charge is -2.36. The molecule has 0 spiro atoms. The number of piperidine rings is 1. The third-order valence-electron chi connectivity index (χ3n) is 5.93. The number of nitrogens with zero attached hydrogens (tertiary/aromatic N) is 2. The summed E-state index contributed by atoms with van der Waals surface area (Å²) in [5.41, 5.74) is -0.496. The van der Waals surface area contributed by atoms with E-state index in [2.05, 4.69) is 39.7 Å². The zero-order valence-corrected chi connectivity index (χ0v) is 19.4. The van der Waals surface area contributed by atoms with Gasteiger partial charge in [-0.15, -0.1) is 0 Å². The maximum absolute atomic E-state index is 12.1. The molecule has 1 saturated carbocycles. The molecule has 7 heteroatoms. The quantitative estimate of drug-likeness (QED) is 0.464. The summed E-state index contributed by atoms with van der Waals surface area (Å²) >= 11 is 0. The third kappa shape index (κ3) is 8.41. The van der Waals surface area contributed by atoms with Crippen molar-refractivity contribution in [3.8, 4) is 0 Å². The molecule has 0 bridgehead atoms. The summed E-state index contributed by atoms with van der Waals surface area (Å²) < 4.78 is 5.40. The Morgan fingerprint density at radius 2 is 1.76 bits per heavy atom. The number of amides is 1. The van der Waals surface area contributed by atoms with Crippen molar-refractivity contribution in [2.45, 2.75) is 96.9 Å². The summed E-state index contributed by atoms with van der Waals surface area (Å²) in [4.78, 5) is 19.2. The van der Waals surface area contributed by atoms with Gasteiger partial charge in [-0.05, 0) is 52.4 Å². The highest BCUT2D eigenvalue weighted by Gasteiger charge is 2.27. The minimum Gasteiger partial charge on any atom is -0.444 e. The van der Waals surface area contributed by atoms with Crippen molar-refractivity contribution in [1.29, 1.82) is 0 Å². The predicted octanol–water partition coefficient (Wildman–Crippen LogP) is 3.11. The van der Waals surface area contributed by atoms with E-state index >= 15 is 0 Å². The smallest absolute Gasteiger partial charge is 0.407 e. The van der Waals surface area contributed by atoms with Crippen LogP contribution < -0.4 is 16.0 Å². The molecule has 1 unspecified atom stereocenters. The van der Waals surface area contributed by atoms with Gasteiger partial charge in [-0.1, -0.05) is 26.7 Å². The monoisotopic (exact) mass is 409 g/mol. The van der Waals surface area contributed by atoms with Crippen LogP contribution in [0, 0.1) is 5.92 Å². The number of ether oxygens (including phenoxy) is 1. The van der Waals surface area contributed by atoms with Crippen LogP contribution in [-0.4, -0.2) is 67.4 Å². The lowest BCUT2D eigenvalue weighted by atomic mass is 10.0. The Bertz CT molecular complexity index is 530. The van der Waals surface area contributed by atoms with Crippen LogP contribution in [0.4, 0.5) is 4.79 Å². The fraction of sp³-hybridized carbons (Fsp3) is 0.909. The number of carbonyl (C=O) groups is 1. The average Bonchev–Trinajstić information content (AvgIpc) is 3.17. The predicted molar refractivity (Wildman–Crippen MR) is 119 cm³/mol. The number of carbonyl (C=O) groups excluding carboxylic acids is 1. The van der Waals surface area contributed by atoms with Gasteiger partial charge in [-0.25, -0.2) is 4.79 Å². The molecule has 0 radical (unpaired) electrons. The van der Waals surface area contributed by atoms with Gasteiger partial charge in [0.25, 0.3) is 0 Å². The molecule has 1 aliphatic carbocycles. The Hall–Kier alpha value is -1.50. The number of hydrogen-bond donors (Lipinski definition) is 3. The maximum Gasteiger partial charge on any atom is 0.407 e. The highest BCUT2D eigenvalue weighted by atomic mass is 16.6. The molecule has 2 fully saturated rings. The van der Waals surface area contributed by atoms with Crippen LogP contribution >= 0.6 is 0 Å². The van der Waals surface area contributed by atoms with Gasteiger partial charge in [0, 0.05) is 38.8 Å². The maximum atomic E-state index is 12.1. The molecule has 2 rings (SSSR count). The van der Waals surface area contributed by atoms with E-state index in [4.69, 9.17) is 4.74 Å². The first-order valence-corrected chi connectivity index (χ1v) is 11.4. The Labute approximate surface area is 177 Å². The van der Waals surface area contributed by atoms with Gasteiger partial charge >= 0.3 is 6.09 Å². The molecule has 1 aliphatic heterocycles. The molecule has 168 valence electrons. The SMILES string of the molecule is CN=C(NCC(NC(=O)OC(C)(C)C)C(C)C)NC1CCN(C2CCCC2)CC1. The zero-order chi connectivity index (χ0) is 21.4. The number of nitrogens with one attached hydrogen (secondary N) is 3. The average molecular weight is 410 g/mol. The number of rotatable bonds is 6. The van der Waals surface area contributed by atoms with Crippen LogP contribution in [0.5, 0.6) is 0 Å². The summed E-state index contributed by atoms with van der Waals surface area (Å²) in [5.74, 6) is 1.09. The molecule has 1 amide bonds. The number of aliphatic imine (C=N–C) groups is 1. The van der Waals surface area contributed by atoms with E-state index < -0.39 is 5.60 Å². The van der Waals surface area contributed by atoms with Crippen LogP contribution in [0.1, 0.15) is 73.1 Å². The number of likely N-dealkylation sites (tertiary alicyclic amines) is 1. The van der Waals surface area contributed by atoms with Crippen molar-refractivity contribution < 1.29 is 9.53 Å². The Kier molecular flexibility index (Phi) is 9.05. The second-order valence-corrected chi connectivity index (χ2v) is 9.84. The highest BCUT2D eigenvalue weighted by molar-refractivity contribution is 5.80. The second kappa shape index (κ2) is 11.0. The Morgan fingerprint density at radius 1 is 1.14 bits per heavy atom. The van der Waals surface area contributed by atoms with Crippen molar-refractivity contribution in [3.63, 3.8) is 0 Å². The normalized spacial score (nSPS) is 21.3. The van der Waals surface area contributed by atoms with Crippen LogP contribution in [-0.2, 0) is 4.74 Å². The Morgan fingerprint density at radius 3 is 2.28 bits per heavy atom. The van der Waals surface area contributed by atoms with E-state index in [0.717, 1.165) is 24.8 Å². The van der Waals surface area contributed by atoms with Crippen molar-refractivity contribution in [1.82, 2.24) is 20.9 Å². The molecule has 0 aromatic heterocycles. The molecule has 7 nitrogen and oxygen atoms in total. The summed E-state index contributed by atoms with van der Waals surface area (Å²) in [7, 11) is 1.80. The first kappa shape index (κ1) is 23.8. The lowest BCUT2D eigenvalue weighted by Crippen LogP contribution is -2.53. The van der Waals surface area contributed by atoms with Crippen LogP contribution in [0.2, 0.25) is 0 Å². The minimum absolute atomic E-state index is 0.0346. The molecule has 0 aromatic carbocycles. The molecule has 2 aliphatic rings. The van der Waals surface area contributed by atoms with Gasteiger partial charge < -0.3 is 25.6 Å². The van der Waals surface area contributed by atoms with E-state index in [9.17, 15) is 4.79 Å². The van der Waals surface area contributed by atoms with Crippen LogP contribution in [0.15, 0.2) is 4.99 Å². The van der Waals surface area contributed by atoms with Gasteiger partial charge in [0.2, 0.25) is 0 Å². The van der Waals surface area contributed by atoms with E-state index in [1.54, 1.807) is 7.05 Å². The number of alkyl carbamates (subject to hydrolysis) is 1. The second-order valence-electron chi connectivity index (χ2n) is 9.84. The van der Waals surface area contributed by atoms with E-state index in [1.807, 2.05) is 20.8 Å². The van der Waals surface area contributed by atoms with Crippen molar-refractivity contribution in [2.24, 2.45) is 10.9 Å². The van der Waals surface area contributed by atoms with Gasteiger partial charge in [0.1, 0.15) is 5.60 Å². The molecule has 29 heavy (non-hydrogen) atoms. The molecule has 3 N–H and O–H groups in total. The topological polar surface area (TPSA) is 78.0 Å². The minimum atomic E-state index is -0.496. The zero-order valence-electron chi connectivity index (χ0n) is 19.4. The Balaban J connectivity index is 1.75. The molecule has 0 aromatic rings. The molecule has 1 saturated heterocycles. The van der Waals surface area contributed by atoms with Gasteiger partial charge in [-0.2, -0.15) is 0 Å². The fourth-order valence-electron chi connectivity index (χ4n) is 4.19. The van der Waals surface area contributed by atoms with E-state index in [1.165, 1.54) is 38.8 Å². The van der Waals surface area contributed by atoms with Gasteiger partial charge in [0.05, 0.1) is 6.04 Å². The third-order valence-corrected chi connectivity index (χ3v) is 5.93. The summed E-state index contributed by atoms with van der Waals surface area (Å²) in [5, 5.41) is 9.94. The van der Waals surface area contributed by atoms with E-state index in [0.29, 0.717) is 12.6 Å². The van der Waals surface area contributed by atoms with Crippen molar-refractivity contribution >= 4 is 12.1 Å². The van der Waals surface area contributed by atoms with Crippen LogP contribution in [0.3, 0.4) is 0 Å². The summed E-state index contributed by atoms with van der Waals surface area (Å²) in [6.45, 7) is 12.8. The fourth-order valence-corrected chi connectivity index (χ4v) is 4.19. The number of hydrogen-bond acceptors (Lipinski definition) is 4. The van der Waals surface area contributed by atoms with Gasteiger partial charge in [0.15, 0.2) is 5.96 Å². The van der Waals surface area contributed by atoms with Crippen molar-refractivity contribution in [3.05, 3.63) is 0 Å². The first-order chi connectivity index (χ1) is 13.7. The molecule has 1 atom stereocenters. The summed E-state index contributed by atoms with van der Waals surface area (Å²) in [6, 6.07) is 1.24. The molecular weight excluding hydrogens is 366 g/mol. The molecular formula is C22H43N5O2. The molecule has 1 heterocycles. The highest BCUT2D eigenvalue weighted by Crippen LogP contribution is 2.26. The largest absolute Gasteiger partial charge is 0.444 e. The standard InChI is InChI=1S/C22H43N5O2/c1-16(2)19(26-21(28)29-22(3,4)5)15-24-20(23-6)25-17-11-13-27(14-12-17)18-9-7-8-10-18/h16-19H,7-15H2,1-6H3,(H,26,28)(H2,23,24,25). The summed E-state index contributed by atoms with van der Waals surface area (Å²) in [6.07, 6.45) is 7.48. The van der Waals surface area contributed by atoms with Crippen LogP contribution in [0.25, 0.3) is 0 Å². The lowest BCUT2D eigenvalue weighted by molar-refractivity contribution is 0.0491. The van der Waals surface area contributed by atoms with Crippen molar-refractivity contribution in [2.75, 3.05) is 26.7 Å². The van der Waals surface area contributed by atoms with E-state index in [-0.39, 0.29) is 18.1 Å². The van der Waals surface area contributed by atoms with Gasteiger partial charge in [-0.3, -0.25) is 4.99 Å². The number of guanidine groups is 1.